The molecule has 26 heavy (non-hydrogen) atoms. The van der Waals surface area contributed by atoms with Gasteiger partial charge in [-0.3, -0.25) is 4.79 Å². The predicted octanol–water partition coefficient (Wildman–Crippen LogP) is 4.13. The zero-order chi connectivity index (χ0) is 18.6. The van der Waals surface area contributed by atoms with Crippen molar-refractivity contribution >= 4 is 5.91 Å². The van der Waals surface area contributed by atoms with Crippen LogP contribution in [0.4, 0.5) is 4.39 Å². The van der Waals surface area contributed by atoms with E-state index >= 15 is 0 Å². The highest BCUT2D eigenvalue weighted by molar-refractivity contribution is 5.94. The summed E-state index contributed by atoms with van der Waals surface area (Å²) in [5.74, 6) is -0.752. The van der Waals surface area contributed by atoms with Gasteiger partial charge in [-0.25, -0.2) is 4.39 Å². The van der Waals surface area contributed by atoms with E-state index in [1.54, 1.807) is 6.92 Å². The van der Waals surface area contributed by atoms with E-state index in [4.69, 9.17) is 0 Å². The molecule has 3 rings (SSSR count). The Morgan fingerprint density at radius 1 is 0.923 bits per heavy atom. The molecule has 0 fully saturated rings. The standard InChI is InChI=1S/C22H20FNO2/c1-22(26,15-24-21(25)18-9-13-20(23)14-10-18)19-11-7-17(8-12-19)16-5-3-2-4-6-16/h2-14,26H,15H2,1H3,(H,24,25)/t22-/m0/s1. The molecule has 0 aliphatic heterocycles. The summed E-state index contributed by atoms with van der Waals surface area (Å²) in [6.45, 7) is 1.70. The Kier molecular flexibility index (Phi) is 5.14. The van der Waals surface area contributed by atoms with Gasteiger partial charge in [0.2, 0.25) is 0 Å². The van der Waals surface area contributed by atoms with Crippen molar-refractivity contribution in [3.8, 4) is 11.1 Å². The second kappa shape index (κ2) is 7.50. The number of benzene rings is 3. The molecule has 0 saturated carbocycles. The number of hydrogen-bond donors (Lipinski definition) is 2. The van der Waals surface area contributed by atoms with Gasteiger partial charge < -0.3 is 10.4 Å². The van der Waals surface area contributed by atoms with Crippen LogP contribution in [-0.2, 0) is 5.60 Å². The van der Waals surface area contributed by atoms with Crippen LogP contribution in [0.15, 0.2) is 78.9 Å². The molecule has 0 spiro atoms. The second-order valence-electron chi connectivity index (χ2n) is 6.41. The maximum absolute atomic E-state index is 12.9. The van der Waals surface area contributed by atoms with E-state index in [-0.39, 0.29) is 12.5 Å². The lowest BCUT2D eigenvalue weighted by Crippen LogP contribution is -2.38. The van der Waals surface area contributed by atoms with Crippen molar-refractivity contribution in [3.05, 3.63) is 95.8 Å². The summed E-state index contributed by atoms with van der Waals surface area (Å²) in [5, 5.41) is 13.4. The Labute approximate surface area is 152 Å². The van der Waals surface area contributed by atoms with Crippen LogP contribution in [0.3, 0.4) is 0 Å². The summed E-state index contributed by atoms with van der Waals surface area (Å²) in [7, 11) is 0. The van der Waals surface area contributed by atoms with Crippen LogP contribution in [-0.4, -0.2) is 17.6 Å². The van der Waals surface area contributed by atoms with Gasteiger partial charge in [-0.15, -0.1) is 0 Å². The van der Waals surface area contributed by atoms with E-state index in [9.17, 15) is 14.3 Å². The number of nitrogens with one attached hydrogen (secondary N) is 1. The Morgan fingerprint density at radius 3 is 2.12 bits per heavy atom. The van der Waals surface area contributed by atoms with E-state index in [2.05, 4.69) is 5.32 Å². The predicted molar refractivity (Wildman–Crippen MR) is 100 cm³/mol. The SMILES string of the molecule is C[C@](O)(CNC(=O)c1ccc(F)cc1)c1ccc(-c2ccccc2)cc1. The van der Waals surface area contributed by atoms with Crippen molar-refractivity contribution in [1.29, 1.82) is 0 Å². The molecule has 1 amide bonds. The lowest BCUT2D eigenvalue weighted by Gasteiger charge is -2.24. The monoisotopic (exact) mass is 349 g/mol. The first-order valence-corrected chi connectivity index (χ1v) is 8.38. The molecule has 3 aromatic rings. The van der Waals surface area contributed by atoms with Gasteiger partial charge in [0.25, 0.3) is 5.91 Å². The number of carbonyl (C=O) groups excluding carboxylic acids is 1. The first kappa shape index (κ1) is 17.8. The molecule has 0 aliphatic carbocycles. The second-order valence-corrected chi connectivity index (χ2v) is 6.41. The molecule has 3 nitrogen and oxygen atoms in total. The molecular formula is C22H20FNO2. The van der Waals surface area contributed by atoms with E-state index in [1.807, 2.05) is 54.6 Å². The highest BCUT2D eigenvalue weighted by atomic mass is 19.1. The molecule has 0 bridgehead atoms. The molecule has 0 unspecified atom stereocenters. The highest BCUT2D eigenvalue weighted by Crippen LogP contribution is 2.24. The van der Waals surface area contributed by atoms with Crippen LogP contribution >= 0.6 is 0 Å². The first-order chi connectivity index (χ1) is 12.5. The molecule has 2 N–H and O–H groups in total. The highest BCUT2D eigenvalue weighted by Gasteiger charge is 2.24. The lowest BCUT2D eigenvalue weighted by molar-refractivity contribution is 0.0526. The number of hydrogen-bond acceptors (Lipinski definition) is 2. The molecular weight excluding hydrogens is 329 g/mol. The number of carbonyl (C=O) groups is 1. The molecule has 0 aliphatic rings. The Morgan fingerprint density at radius 2 is 1.50 bits per heavy atom. The summed E-state index contributed by atoms with van der Waals surface area (Å²) in [6, 6.07) is 22.8. The fourth-order valence-electron chi connectivity index (χ4n) is 2.71. The van der Waals surface area contributed by atoms with Crippen molar-refractivity contribution in [2.24, 2.45) is 0 Å². The molecule has 3 aromatic carbocycles. The van der Waals surface area contributed by atoms with Gasteiger partial charge in [0.15, 0.2) is 0 Å². The quantitative estimate of drug-likeness (QED) is 0.728. The lowest BCUT2D eigenvalue weighted by atomic mass is 9.93. The van der Waals surface area contributed by atoms with Crippen LogP contribution in [0.5, 0.6) is 0 Å². The third-order valence-electron chi connectivity index (χ3n) is 4.31. The van der Waals surface area contributed by atoms with Crippen LogP contribution in [0.1, 0.15) is 22.8 Å². The van der Waals surface area contributed by atoms with Crippen molar-refractivity contribution in [2.45, 2.75) is 12.5 Å². The average Bonchev–Trinajstić information content (AvgIpc) is 2.67. The smallest absolute Gasteiger partial charge is 0.251 e. The Balaban J connectivity index is 1.67. The van der Waals surface area contributed by atoms with E-state index in [0.29, 0.717) is 11.1 Å². The molecule has 132 valence electrons. The minimum atomic E-state index is -1.22. The normalized spacial score (nSPS) is 13.0. The van der Waals surface area contributed by atoms with Gasteiger partial charge in [-0.05, 0) is 47.9 Å². The average molecular weight is 349 g/mol. The number of aliphatic hydroxyl groups is 1. The zero-order valence-electron chi connectivity index (χ0n) is 14.4. The van der Waals surface area contributed by atoms with E-state index in [0.717, 1.165) is 11.1 Å². The third kappa shape index (κ3) is 4.16. The maximum Gasteiger partial charge on any atom is 0.251 e. The molecule has 0 saturated heterocycles. The molecule has 0 aromatic heterocycles. The number of halogens is 1. The summed E-state index contributed by atoms with van der Waals surface area (Å²) in [5.41, 5.74) is 1.99. The first-order valence-electron chi connectivity index (χ1n) is 8.38. The zero-order valence-corrected chi connectivity index (χ0v) is 14.4. The van der Waals surface area contributed by atoms with Crippen molar-refractivity contribution < 1.29 is 14.3 Å². The minimum Gasteiger partial charge on any atom is -0.384 e. The number of rotatable bonds is 5. The fourth-order valence-corrected chi connectivity index (χ4v) is 2.71. The van der Waals surface area contributed by atoms with E-state index < -0.39 is 11.4 Å². The van der Waals surface area contributed by atoms with Crippen LogP contribution in [0, 0.1) is 5.82 Å². The van der Waals surface area contributed by atoms with E-state index in [1.165, 1.54) is 24.3 Å². The summed E-state index contributed by atoms with van der Waals surface area (Å²) in [4.78, 5) is 12.1. The van der Waals surface area contributed by atoms with Crippen molar-refractivity contribution in [3.63, 3.8) is 0 Å². The molecule has 0 heterocycles. The van der Waals surface area contributed by atoms with Gasteiger partial charge in [0.05, 0.1) is 6.54 Å². The molecule has 1 atom stereocenters. The molecule has 4 heteroatoms. The Bertz CT molecular complexity index is 872. The summed E-state index contributed by atoms with van der Waals surface area (Å²) < 4.78 is 12.9. The maximum atomic E-state index is 12.9. The molecule has 0 radical (unpaired) electrons. The minimum absolute atomic E-state index is 0.0495. The topological polar surface area (TPSA) is 49.3 Å². The summed E-state index contributed by atoms with van der Waals surface area (Å²) >= 11 is 0. The van der Waals surface area contributed by atoms with Gasteiger partial charge in [0.1, 0.15) is 11.4 Å². The van der Waals surface area contributed by atoms with Gasteiger partial charge in [0, 0.05) is 5.56 Å². The van der Waals surface area contributed by atoms with Crippen molar-refractivity contribution in [2.75, 3.05) is 6.54 Å². The number of amides is 1. The largest absolute Gasteiger partial charge is 0.384 e. The Hall–Kier alpha value is -2.98. The van der Waals surface area contributed by atoms with Crippen LogP contribution < -0.4 is 5.32 Å². The van der Waals surface area contributed by atoms with Gasteiger partial charge in [-0.1, -0.05) is 54.6 Å². The fraction of sp³-hybridized carbons (Fsp3) is 0.136. The van der Waals surface area contributed by atoms with Crippen LogP contribution in [0.2, 0.25) is 0 Å². The third-order valence-corrected chi connectivity index (χ3v) is 4.31. The van der Waals surface area contributed by atoms with Gasteiger partial charge >= 0.3 is 0 Å². The van der Waals surface area contributed by atoms with Gasteiger partial charge in [-0.2, -0.15) is 0 Å². The van der Waals surface area contributed by atoms with Crippen LogP contribution in [0.25, 0.3) is 11.1 Å². The van der Waals surface area contributed by atoms with Crippen molar-refractivity contribution in [1.82, 2.24) is 5.32 Å². The summed E-state index contributed by atoms with van der Waals surface area (Å²) in [6.07, 6.45) is 0.